The van der Waals surface area contributed by atoms with Crippen molar-refractivity contribution in [2.45, 2.75) is 25.4 Å². The molecule has 0 aromatic heterocycles. The summed E-state index contributed by atoms with van der Waals surface area (Å²) >= 11 is 0. The van der Waals surface area contributed by atoms with Crippen LogP contribution in [0.3, 0.4) is 0 Å². The monoisotopic (exact) mass is 409 g/mol. The van der Waals surface area contributed by atoms with Gasteiger partial charge in [-0.15, -0.1) is 0 Å². The van der Waals surface area contributed by atoms with Crippen molar-refractivity contribution in [1.29, 1.82) is 0 Å². The number of rotatable bonds is 7. The molecule has 0 amide bonds. The van der Waals surface area contributed by atoms with E-state index in [0.717, 1.165) is 11.3 Å². The van der Waals surface area contributed by atoms with Gasteiger partial charge in [0, 0.05) is 11.6 Å². The zero-order chi connectivity index (χ0) is 20.4. The second kappa shape index (κ2) is 8.03. The lowest BCUT2D eigenvalue weighted by molar-refractivity contribution is 0.0802. The van der Waals surface area contributed by atoms with Gasteiger partial charge in [0.2, 0.25) is 0 Å². The normalized spacial score (nSPS) is 17.8. The Balaban J connectivity index is 1.45. The average Bonchev–Trinajstić information content (AvgIpc) is 3.00. The molecule has 1 aliphatic carbocycles. The molecule has 29 heavy (non-hydrogen) atoms. The Morgan fingerprint density at radius 1 is 1.00 bits per heavy atom. The molecule has 150 valence electrons. The molecule has 3 N–H and O–H groups in total. The molecule has 3 aromatic carbocycles. The van der Waals surface area contributed by atoms with Crippen LogP contribution in [0.1, 0.15) is 30.4 Å². The van der Waals surface area contributed by atoms with Crippen molar-refractivity contribution in [3.8, 4) is 16.9 Å². The summed E-state index contributed by atoms with van der Waals surface area (Å²) in [5.41, 5.74) is 11.5. The molecule has 2 unspecified atom stereocenters. The molecular weight excluding hydrogens is 385 g/mol. The van der Waals surface area contributed by atoms with Crippen LogP contribution in [-0.2, 0) is 9.30 Å². The third-order valence-corrected chi connectivity index (χ3v) is 6.13. The minimum atomic E-state index is -3.89. The van der Waals surface area contributed by atoms with Gasteiger partial charge in [0.15, 0.2) is 6.35 Å². The molecule has 4 rings (SSSR count). The molecule has 3 atom stereocenters. The number of benzene rings is 3. The maximum absolute atomic E-state index is 12.4. The van der Waals surface area contributed by atoms with E-state index in [2.05, 4.69) is 18.2 Å². The lowest BCUT2D eigenvalue weighted by Crippen LogP contribution is -2.15. The highest BCUT2D eigenvalue weighted by Gasteiger charge is 2.31. The molecule has 0 spiro atoms. The van der Waals surface area contributed by atoms with Crippen LogP contribution in [0.25, 0.3) is 11.1 Å². The zero-order valence-corrected chi connectivity index (χ0v) is 17.1. The highest BCUT2D eigenvalue weighted by atomic mass is 31.2. The number of hydrogen-bond donors (Lipinski definition) is 2. The van der Waals surface area contributed by atoms with Gasteiger partial charge in [-0.1, -0.05) is 48.5 Å². The van der Waals surface area contributed by atoms with Crippen LogP contribution < -0.4 is 10.3 Å². The SMILES string of the molecule is C[C@H](CC1c2ccccc2-c2cc(N)ccc21)OCP(=O)(O)Oc1ccccc1. The van der Waals surface area contributed by atoms with E-state index in [4.69, 9.17) is 15.0 Å². The third-order valence-electron chi connectivity index (χ3n) is 5.16. The Morgan fingerprint density at radius 3 is 2.48 bits per heavy atom. The second-order valence-corrected chi connectivity index (χ2v) is 9.09. The van der Waals surface area contributed by atoms with Crippen LogP contribution in [0.5, 0.6) is 5.75 Å². The molecular formula is C23H24NO4P. The van der Waals surface area contributed by atoms with Gasteiger partial charge in [0.05, 0.1) is 6.10 Å². The predicted molar refractivity (Wildman–Crippen MR) is 115 cm³/mol. The van der Waals surface area contributed by atoms with Crippen molar-refractivity contribution in [3.63, 3.8) is 0 Å². The van der Waals surface area contributed by atoms with Crippen LogP contribution >= 0.6 is 7.60 Å². The van der Waals surface area contributed by atoms with Gasteiger partial charge in [0.1, 0.15) is 5.75 Å². The number of para-hydroxylation sites is 1. The first-order valence-corrected chi connectivity index (χ1v) is 11.4. The fraction of sp³-hybridized carbons (Fsp3) is 0.217. The first kappa shape index (κ1) is 19.7. The quantitative estimate of drug-likeness (QED) is 0.403. The molecule has 1 aliphatic rings. The van der Waals surface area contributed by atoms with E-state index in [0.29, 0.717) is 12.2 Å². The van der Waals surface area contributed by atoms with Crippen molar-refractivity contribution in [3.05, 3.63) is 83.9 Å². The summed E-state index contributed by atoms with van der Waals surface area (Å²) in [5.74, 6) is 0.510. The lowest BCUT2D eigenvalue weighted by Gasteiger charge is -2.21. The largest absolute Gasteiger partial charge is 0.423 e. The Labute approximate surface area is 170 Å². The molecule has 3 aromatic rings. The number of hydrogen-bond acceptors (Lipinski definition) is 4. The van der Waals surface area contributed by atoms with Crippen molar-refractivity contribution in [2.75, 3.05) is 12.1 Å². The fourth-order valence-electron chi connectivity index (χ4n) is 3.87. The maximum atomic E-state index is 12.4. The van der Waals surface area contributed by atoms with Gasteiger partial charge >= 0.3 is 7.60 Å². The molecule has 0 heterocycles. The molecule has 6 heteroatoms. The molecule has 0 saturated carbocycles. The molecule has 0 radical (unpaired) electrons. The second-order valence-electron chi connectivity index (χ2n) is 7.37. The van der Waals surface area contributed by atoms with E-state index in [9.17, 15) is 9.46 Å². The summed E-state index contributed by atoms with van der Waals surface area (Å²) in [6.07, 6.45) is 0.113. The van der Waals surface area contributed by atoms with Gasteiger partial charge in [0.25, 0.3) is 0 Å². The third kappa shape index (κ3) is 4.38. The molecule has 0 bridgehead atoms. The molecule has 5 nitrogen and oxygen atoms in total. The van der Waals surface area contributed by atoms with E-state index < -0.39 is 7.60 Å². The van der Waals surface area contributed by atoms with E-state index >= 15 is 0 Å². The number of ether oxygens (including phenoxy) is 1. The number of anilines is 1. The minimum Gasteiger partial charge on any atom is -0.423 e. The maximum Gasteiger partial charge on any atom is 0.402 e. The highest BCUT2D eigenvalue weighted by Crippen LogP contribution is 2.48. The lowest BCUT2D eigenvalue weighted by atomic mass is 9.91. The van der Waals surface area contributed by atoms with Crippen molar-refractivity contribution in [2.24, 2.45) is 0 Å². The van der Waals surface area contributed by atoms with Gasteiger partial charge in [-0.25, -0.2) is 4.57 Å². The van der Waals surface area contributed by atoms with Crippen LogP contribution in [0.4, 0.5) is 5.69 Å². The Bertz CT molecular complexity index is 1050. The van der Waals surface area contributed by atoms with Crippen LogP contribution in [0.15, 0.2) is 72.8 Å². The summed E-state index contributed by atoms with van der Waals surface area (Å²) in [6, 6.07) is 22.9. The standard InChI is InChI=1S/C23H24NO4P/c1-16(27-15-29(25,26)28-18-7-3-2-4-8-18)13-22-19-9-5-6-10-20(19)23-14-17(24)11-12-21(22)23/h2-12,14,16,22H,13,15,24H2,1H3,(H,25,26)/t16-,22?/m1/s1. The van der Waals surface area contributed by atoms with Gasteiger partial charge in [-0.3, -0.25) is 0 Å². The summed E-state index contributed by atoms with van der Waals surface area (Å²) in [7, 11) is -3.89. The van der Waals surface area contributed by atoms with E-state index in [1.165, 1.54) is 16.7 Å². The molecule has 0 saturated heterocycles. The fourth-order valence-corrected chi connectivity index (χ4v) is 4.82. The van der Waals surface area contributed by atoms with Crippen molar-refractivity contribution >= 4 is 13.3 Å². The van der Waals surface area contributed by atoms with Crippen LogP contribution in [0.2, 0.25) is 0 Å². The first-order chi connectivity index (χ1) is 13.9. The van der Waals surface area contributed by atoms with Gasteiger partial charge in [-0.05, 0) is 59.9 Å². The topological polar surface area (TPSA) is 81.8 Å². The Morgan fingerprint density at radius 2 is 1.69 bits per heavy atom. The smallest absolute Gasteiger partial charge is 0.402 e. The zero-order valence-electron chi connectivity index (χ0n) is 16.2. The number of nitrogen functional groups attached to an aromatic ring is 1. The summed E-state index contributed by atoms with van der Waals surface area (Å²) < 4.78 is 23.3. The number of fused-ring (bicyclic) bond motifs is 3. The van der Waals surface area contributed by atoms with E-state index in [-0.39, 0.29) is 18.4 Å². The minimum absolute atomic E-state index is 0.157. The number of nitrogens with two attached hydrogens (primary N) is 1. The summed E-state index contributed by atoms with van der Waals surface area (Å²) in [6.45, 7) is 1.92. The predicted octanol–water partition coefficient (Wildman–Crippen LogP) is 5.40. The van der Waals surface area contributed by atoms with Crippen molar-refractivity contribution < 1.29 is 18.7 Å². The average molecular weight is 409 g/mol. The highest BCUT2D eigenvalue weighted by molar-refractivity contribution is 7.53. The molecule has 0 fully saturated rings. The Hall–Kier alpha value is -2.59. The van der Waals surface area contributed by atoms with Crippen LogP contribution in [-0.4, -0.2) is 17.3 Å². The summed E-state index contributed by atoms with van der Waals surface area (Å²) in [5, 5.41) is 0. The first-order valence-electron chi connectivity index (χ1n) is 9.60. The summed E-state index contributed by atoms with van der Waals surface area (Å²) in [4.78, 5) is 10.1. The van der Waals surface area contributed by atoms with Gasteiger partial charge in [-0.2, -0.15) is 0 Å². The van der Waals surface area contributed by atoms with E-state index in [1.54, 1.807) is 24.3 Å². The van der Waals surface area contributed by atoms with Gasteiger partial charge < -0.3 is 19.9 Å². The molecule has 0 aliphatic heterocycles. The van der Waals surface area contributed by atoms with Crippen LogP contribution in [0, 0.1) is 0 Å². The van der Waals surface area contributed by atoms with Crippen molar-refractivity contribution in [1.82, 2.24) is 0 Å². The van der Waals surface area contributed by atoms with E-state index in [1.807, 2.05) is 37.3 Å². The Kier molecular flexibility index (Phi) is 5.46.